The molecule has 0 unspecified atom stereocenters. The van der Waals surface area contributed by atoms with Gasteiger partial charge in [0, 0.05) is 0 Å². The minimum Gasteiger partial charge on any atom is -0.0776 e. The van der Waals surface area contributed by atoms with Gasteiger partial charge in [0.05, 0.1) is 0 Å². The van der Waals surface area contributed by atoms with Crippen molar-refractivity contribution in [2.75, 3.05) is 0 Å². The molecule has 0 aliphatic rings. The molecule has 0 radical (unpaired) electrons. The topological polar surface area (TPSA) is 0 Å². The minimum absolute atomic E-state index is 0. The van der Waals surface area contributed by atoms with Crippen LogP contribution in [-0.4, -0.2) is 0 Å². The lowest BCUT2D eigenvalue weighted by molar-refractivity contribution is 0.209. The van der Waals surface area contributed by atoms with Crippen molar-refractivity contribution >= 4 is 0 Å². The van der Waals surface area contributed by atoms with Crippen LogP contribution in [0.3, 0.4) is 0 Å². The molecule has 0 fully saturated rings. The van der Waals surface area contributed by atoms with Crippen LogP contribution in [0.2, 0.25) is 0 Å². The molecule has 0 spiro atoms. The van der Waals surface area contributed by atoms with Crippen LogP contribution in [0.5, 0.6) is 0 Å². The Morgan fingerprint density at radius 2 is 1.25 bits per heavy atom. The molecule has 12 heavy (non-hydrogen) atoms. The largest absolute Gasteiger partial charge is 0.0776 e. The van der Waals surface area contributed by atoms with E-state index in [1.54, 1.807) is 0 Å². The molecule has 0 nitrogen and oxygen atoms in total. The van der Waals surface area contributed by atoms with E-state index >= 15 is 0 Å². The Labute approximate surface area is 79.8 Å². The van der Waals surface area contributed by atoms with Crippen LogP contribution in [-0.2, 0) is 0 Å². The summed E-state index contributed by atoms with van der Waals surface area (Å²) in [5.74, 6) is 0.928. The molecule has 0 bridgehead atoms. The van der Waals surface area contributed by atoms with Crippen molar-refractivity contribution in [3.8, 4) is 0 Å². The van der Waals surface area contributed by atoms with Crippen LogP contribution in [0.1, 0.15) is 67.7 Å². The molecule has 0 amide bonds. The Bertz CT molecular complexity index is 80.7. The summed E-state index contributed by atoms with van der Waals surface area (Å²) in [6.45, 7) is 11.7. The lowest BCUT2D eigenvalue weighted by atomic mass is 9.76. The first-order valence-corrected chi connectivity index (χ1v) is 5.02. The molecule has 0 rings (SSSR count). The molecular weight excluding hydrogens is 144 g/mol. The molecule has 0 atom stereocenters. The van der Waals surface area contributed by atoms with Crippen LogP contribution >= 0.6 is 0 Å². The van der Waals surface area contributed by atoms with E-state index < -0.39 is 0 Å². The molecule has 76 valence electrons. The maximum absolute atomic E-state index is 2.36. The van der Waals surface area contributed by atoms with Gasteiger partial charge in [-0.25, -0.2) is 0 Å². The van der Waals surface area contributed by atoms with Crippen LogP contribution in [0, 0.1) is 11.3 Å². The molecule has 0 aliphatic carbocycles. The first kappa shape index (κ1) is 14.5. The van der Waals surface area contributed by atoms with Gasteiger partial charge in [0.1, 0.15) is 0 Å². The first-order valence-electron chi connectivity index (χ1n) is 5.02. The summed E-state index contributed by atoms with van der Waals surface area (Å²) < 4.78 is 0. The molecule has 0 aromatic heterocycles. The molecule has 0 heteroatoms. The molecule has 0 saturated heterocycles. The van der Waals surface area contributed by atoms with Crippen molar-refractivity contribution < 1.29 is 0 Å². The van der Waals surface area contributed by atoms with E-state index in [0.717, 1.165) is 5.92 Å². The normalized spacial score (nSPS) is 11.5. The summed E-state index contributed by atoms with van der Waals surface area (Å²) in [6.07, 6.45) is 5.47. The van der Waals surface area contributed by atoms with Gasteiger partial charge < -0.3 is 0 Å². The van der Waals surface area contributed by atoms with Crippen molar-refractivity contribution in [2.24, 2.45) is 11.3 Å². The highest BCUT2D eigenvalue weighted by molar-refractivity contribution is 4.72. The van der Waals surface area contributed by atoms with Gasteiger partial charge in [-0.2, -0.15) is 0 Å². The van der Waals surface area contributed by atoms with E-state index in [0.29, 0.717) is 5.41 Å². The second kappa shape index (κ2) is 6.51. The van der Waals surface area contributed by atoms with Crippen molar-refractivity contribution in [3.05, 3.63) is 0 Å². The summed E-state index contributed by atoms with van der Waals surface area (Å²) in [5, 5.41) is 0. The highest BCUT2D eigenvalue weighted by Gasteiger charge is 2.22. The monoisotopic (exact) mass is 172 g/mol. The van der Waals surface area contributed by atoms with Crippen molar-refractivity contribution in [1.82, 2.24) is 0 Å². The Hall–Kier alpha value is 0. The van der Waals surface area contributed by atoms with Gasteiger partial charge in [-0.1, -0.05) is 67.7 Å². The third-order valence-electron chi connectivity index (χ3n) is 2.50. The van der Waals surface area contributed by atoms with Gasteiger partial charge >= 0.3 is 0 Å². The number of hydrogen-bond donors (Lipinski definition) is 0. The molecule has 0 aliphatic heterocycles. The van der Waals surface area contributed by atoms with Gasteiger partial charge in [-0.05, 0) is 11.3 Å². The van der Waals surface area contributed by atoms with E-state index in [1.807, 2.05) is 0 Å². The average Bonchev–Trinajstić information content (AvgIpc) is 1.85. The molecule has 0 aromatic rings. The Morgan fingerprint density at radius 1 is 0.917 bits per heavy atom. The maximum Gasteiger partial charge on any atom is -0.0354 e. The number of hydrogen-bond acceptors (Lipinski definition) is 0. The summed E-state index contributed by atoms with van der Waals surface area (Å²) in [6, 6.07) is 0. The maximum atomic E-state index is 2.36. The minimum atomic E-state index is 0. The van der Waals surface area contributed by atoms with Gasteiger partial charge in [0.25, 0.3) is 0 Å². The highest BCUT2D eigenvalue weighted by Crippen LogP contribution is 2.32. The van der Waals surface area contributed by atoms with Gasteiger partial charge in [0.2, 0.25) is 0 Å². The van der Waals surface area contributed by atoms with Crippen LogP contribution < -0.4 is 0 Å². The zero-order valence-corrected chi connectivity index (χ0v) is 8.91. The fourth-order valence-electron chi connectivity index (χ4n) is 1.71. The molecule has 0 aromatic carbocycles. The fraction of sp³-hybridized carbons (Fsp3) is 1.00. The molecule has 0 heterocycles. The Balaban J connectivity index is 0. The SMILES string of the molecule is C.CCCC(CCC)C(C)(C)C. The Morgan fingerprint density at radius 3 is 1.42 bits per heavy atom. The predicted octanol–water partition coefficient (Wildman–Crippen LogP) is 4.89. The molecule has 0 saturated carbocycles. The van der Waals surface area contributed by atoms with Gasteiger partial charge in [-0.3, -0.25) is 0 Å². The summed E-state index contributed by atoms with van der Waals surface area (Å²) >= 11 is 0. The van der Waals surface area contributed by atoms with Crippen LogP contribution in [0.25, 0.3) is 0 Å². The van der Waals surface area contributed by atoms with E-state index in [9.17, 15) is 0 Å². The third-order valence-corrected chi connectivity index (χ3v) is 2.50. The van der Waals surface area contributed by atoms with Gasteiger partial charge in [-0.15, -0.1) is 0 Å². The van der Waals surface area contributed by atoms with Crippen molar-refractivity contribution in [2.45, 2.75) is 67.7 Å². The predicted molar refractivity (Wildman–Crippen MR) is 59.5 cm³/mol. The Kier molecular flexibility index (Phi) is 7.88. The molecular formula is C12H28. The van der Waals surface area contributed by atoms with E-state index in [-0.39, 0.29) is 7.43 Å². The first-order chi connectivity index (χ1) is 5.02. The summed E-state index contributed by atoms with van der Waals surface area (Å²) in [4.78, 5) is 0. The van der Waals surface area contributed by atoms with E-state index in [2.05, 4.69) is 34.6 Å². The molecule has 0 N–H and O–H groups in total. The van der Waals surface area contributed by atoms with Crippen molar-refractivity contribution in [1.29, 1.82) is 0 Å². The standard InChI is InChI=1S/C11H24.CH4/c1-6-8-10(9-7-2)11(3,4)5;/h10H,6-9H2,1-5H3;1H4. The summed E-state index contributed by atoms with van der Waals surface area (Å²) in [7, 11) is 0. The number of rotatable bonds is 4. The summed E-state index contributed by atoms with van der Waals surface area (Å²) in [5.41, 5.74) is 0.520. The second-order valence-corrected chi connectivity index (χ2v) is 4.64. The lowest BCUT2D eigenvalue weighted by Crippen LogP contribution is -2.19. The average molecular weight is 172 g/mol. The highest BCUT2D eigenvalue weighted by atomic mass is 14.3. The smallest absolute Gasteiger partial charge is 0.0354 e. The zero-order valence-electron chi connectivity index (χ0n) is 8.91. The van der Waals surface area contributed by atoms with Crippen molar-refractivity contribution in [3.63, 3.8) is 0 Å². The van der Waals surface area contributed by atoms with Gasteiger partial charge in [0.15, 0.2) is 0 Å². The van der Waals surface area contributed by atoms with E-state index in [1.165, 1.54) is 25.7 Å². The van der Waals surface area contributed by atoms with Crippen LogP contribution in [0.15, 0.2) is 0 Å². The zero-order chi connectivity index (χ0) is 8.91. The quantitative estimate of drug-likeness (QED) is 0.566. The fourth-order valence-corrected chi connectivity index (χ4v) is 1.71. The lowest BCUT2D eigenvalue weighted by Gasteiger charge is -2.30. The second-order valence-electron chi connectivity index (χ2n) is 4.64. The van der Waals surface area contributed by atoms with E-state index in [4.69, 9.17) is 0 Å². The third kappa shape index (κ3) is 5.62. The van der Waals surface area contributed by atoms with Crippen LogP contribution in [0.4, 0.5) is 0 Å².